The predicted molar refractivity (Wildman–Crippen MR) is 56.5 cm³/mol. The van der Waals surface area contributed by atoms with Gasteiger partial charge in [0.2, 0.25) is 0 Å². The fourth-order valence-electron chi connectivity index (χ4n) is 0.967. The Labute approximate surface area is 92.7 Å². The summed E-state index contributed by atoms with van der Waals surface area (Å²) in [6.07, 6.45) is 2.37. The van der Waals surface area contributed by atoms with Crippen LogP contribution in [-0.2, 0) is 0 Å². The predicted octanol–water partition coefficient (Wildman–Crippen LogP) is 1.97. The molecule has 0 saturated carbocycles. The highest BCUT2D eigenvalue weighted by Crippen LogP contribution is 2.09. The first-order valence-corrected chi connectivity index (χ1v) is 4.98. The van der Waals surface area contributed by atoms with Crippen molar-refractivity contribution in [1.29, 1.82) is 0 Å². The van der Waals surface area contributed by atoms with E-state index >= 15 is 0 Å². The van der Waals surface area contributed by atoms with Crippen LogP contribution in [0.15, 0.2) is 18.5 Å². The average molecular weight is 231 g/mol. The Kier molecular flexibility index (Phi) is 3.63. The van der Waals surface area contributed by atoms with Gasteiger partial charge < -0.3 is 5.32 Å². The number of carbonyl (C=O) groups is 1. The largest absolute Gasteiger partial charge is 0.346 e. The molecule has 1 heterocycles. The molecule has 15 heavy (non-hydrogen) atoms. The molecular formula is C10H12ClFN2O. The SMILES string of the molecule is CC(C)(CCl)NC(=O)c1ccncc1F. The summed E-state index contributed by atoms with van der Waals surface area (Å²) in [5, 5.41) is 2.62. The molecule has 0 fully saturated rings. The van der Waals surface area contributed by atoms with Crippen LogP contribution in [0.25, 0.3) is 0 Å². The average Bonchev–Trinajstić information content (AvgIpc) is 2.17. The summed E-state index contributed by atoms with van der Waals surface area (Å²) in [7, 11) is 0. The van der Waals surface area contributed by atoms with Gasteiger partial charge in [0.15, 0.2) is 5.82 Å². The summed E-state index contributed by atoms with van der Waals surface area (Å²) in [6, 6.07) is 1.33. The van der Waals surface area contributed by atoms with E-state index in [9.17, 15) is 9.18 Å². The van der Waals surface area contributed by atoms with Crippen LogP contribution in [0.3, 0.4) is 0 Å². The first-order valence-electron chi connectivity index (χ1n) is 4.44. The minimum Gasteiger partial charge on any atom is -0.346 e. The Morgan fingerprint density at radius 3 is 2.87 bits per heavy atom. The Hall–Kier alpha value is -1.16. The summed E-state index contributed by atoms with van der Waals surface area (Å²) in [5.74, 6) is -0.869. The Bertz CT molecular complexity index is 368. The van der Waals surface area contributed by atoms with Crippen molar-refractivity contribution in [1.82, 2.24) is 10.3 Å². The van der Waals surface area contributed by atoms with Gasteiger partial charge in [-0.25, -0.2) is 4.39 Å². The molecule has 0 aliphatic carbocycles. The summed E-state index contributed by atoms with van der Waals surface area (Å²) < 4.78 is 13.2. The first kappa shape index (κ1) is 11.9. The zero-order chi connectivity index (χ0) is 11.5. The molecule has 0 bridgehead atoms. The molecule has 1 amide bonds. The lowest BCUT2D eigenvalue weighted by atomic mass is 10.1. The maximum absolute atomic E-state index is 13.2. The molecule has 82 valence electrons. The standard InChI is InChI=1S/C10H12ClFN2O/c1-10(2,6-11)14-9(15)7-3-4-13-5-8(7)12/h3-5H,6H2,1-2H3,(H,14,15). The normalized spacial score (nSPS) is 11.2. The lowest BCUT2D eigenvalue weighted by molar-refractivity contribution is 0.0916. The Morgan fingerprint density at radius 1 is 1.67 bits per heavy atom. The van der Waals surface area contributed by atoms with Crippen molar-refractivity contribution >= 4 is 17.5 Å². The molecule has 0 saturated heterocycles. The van der Waals surface area contributed by atoms with Crippen molar-refractivity contribution in [3.05, 3.63) is 29.8 Å². The highest BCUT2D eigenvalue weighted by molar-refractivity contribution is 6.18. The Morgan fingerprint density at radius 2 is 2.33 bits per heavy atom. The van der Waals surface area contributed by atoms with Crippen molar-refractivity contribution in [2.45, 2.75) is 19.4 Å². The van der Waals surface area contributed by atoms with Crippen LogP contribution < -0.4 is 5.32 Å². The van der Waals surface area contributed by atoms with Crippen LogP contribution in [0.5, 0.6) is 0 Å². The lowest BCUT2D eigenvalue weighted by Gasteiger charge is -2.23. The molecule has 1 aromatic rings. The number of alkyl halides is 1. The van der Waals surface area contributed by atoms with Crippen molar-refractivity contribution in [3.8, 4) is 0 Å². The summed E-state index contributed by atoms with van der Waals surface area (Å²) in [4.78, 5) is 15.2. The summed E-state index contributed by atoms with van der Waals surface area (Å²) in [6.45, 7) is 3.52. The van der Waals surface area contributed by atoms with Gasteiger partial charge in [-0.1, -0.05) is 0 Å². The van der Waals surface area contributed by atoms with E-state index in [0.29, 0.717) is 0 Å². The third kappa shape index (κ3) is 3.16. The number of rotatable bonds is 3. The molecule has 0 spiro atoms. The van der Waals surface area contributed by atoms with Crippen LogP contribution >= 0.6 is 11.6 Å². The van der Waals surface area contributed by atoms with Crippen LogP contribution in [0.4, 0.5) is 4.39 Å². The highest BCUT2D eigenvalue weighted by Gasteiger charge is 2.21. The second-order valence-electron chi connectivity index (χ2n) is 3.83. The smallest absolute Gasteiger partial charge is 0.254 e. The quantitative estimate of drug-likeness (QED) is 0.807. The number of pyridine rings is 1. The minimum absolute atomic E-state index is 0.0248. The second kappa shape index (κ2) is 4.57. The number of hydrogen-bond acceptors (Lipinski definition) is 2. The van der Waals surface area contributed by atoms with Gasteiger partial charge in [0, 0.05) is 17.6 Å². The molecule has 1 N–H and O–H groups in total. The van der Waals surface area contributed by atoms with E-state index in [1.54, 1.807) is 13.8 Å². The van der Waals surface area contributed by atoms with Crippen molar-refractivity contribution < 1.29 is 9.18 Å². The molecule has 1 rings (SSSR count). The topological polar surface area (TPSA) is 42.0 Å². The van der Waals surface area contributed by atoms with Crippen LogP contribution in [0.2, 0.25) is 0 Å². The molecule has 0 radical (unpaired) electrons. The maximum atomic E-state index is 13.2. The van der Waals surface area contributed by atoms with Gasteiger partial charge in [0.25, 0.3) is 5.91 Å². The molecule has 1 aromatic heterocycles. The zero-order valence-corrected chi connectivity index (χ0v) is 9.31. The van der Waals surface area contributed by atoms with E-state index in [-0.39, 0.29) is 11.4 Å². The summed E-state index contributed by atoms with van der Waals surface area (Å²) in [5.41, 5.74) is -0.586. The molecule has 0 aromatic carbocycles. The maximum Gasteiger partial charge on any atom is 0.254 e. The number of nitrogens with zero attached hydrogens (tertiary/aromatic N) is 1. The van der Waals surface area contributed by atoms with Gasteiger partial charge >= 0.3 is 0 Å². The molecule has 0 aliphatic heterocycles. The van der Waals surface area contributed by atoms with Gasteiger partial charge in [0.05, 0.1) is 11.8 Å². The van der Waals surface area contributed by atoms with Crippen LogP contribution in [0.1, 0.15) is 24.2 Å². The number of aromatic nitrogens is 1. The van der Waals surface area contributed by atoms with Gasteiger partial charge in [-0.15, -0.1) is 11.6 Å². The highest BCUT2D eigenvalue weighted by atomic mass is 35.5. The van der Waals surface area contributed by atoms with Gasteiger partial charge in [-0.05, 0) is 19.9 Å². The van der Waals surface area contributed by atoms with E-state index in [1.165, 1.54) is 12.3 Å². The monoisotopic (exact) mass is 230 g/mol. The van der Waals surface area contributed by atoms with Gasteiger partial charge in [0.1, 0.15) is 0 Å². The third-order valence-corrected chi connectivity index (χ3v) is 2.47. The number of hydrogen-bond donors (Lipinski definition) is 1. The van der Waals surface area contributed by atoms with E-state index < -0.39 is 17.3 Å². The second-order valence-corrected chi connectivity index (χ2v) is 4.09. The van der Waals surface area contributed by atoms with Gasteiger partial charge in [-0.3, -0.25) is 9.78 Å². The molecule has 5 heteroatoms. The fraction of sp³-hybridized carbons (Fsp3) is 0.400. The van der Waals surface area contributed by atoms with E-state index in [1.807, 2.05) is 0 Å². The van der Waals surface area contributed by atoms with Crippen molar-refractivity contribution in [3.63, 3.8) is 0 Å². The van der Waals surface area contributed by atoms with Gasteiger partial charge in [-0.2, -0.15) is 0 Å². The zero-order valence-electron chi connectivity index (χ0n) is 8.55. The van der Waals surface area contributed by atoms with Crippen molar-refractivity contribution in [2.75, 3.05) is 5.88 Å². The Balaban J connectivity index is 2.83. The first-order chi connectivity index (χ1) is 6.96. The lowest BCUT2D eigenvalue weighted by Crippen LogP contribution is -2.45. The minimum atomic E-state index is -0.639. The number of carbonyl (C=O) groups excluding carboxylic acids is 1. The fourth-order valence-corrected chi connectivity index (χ4v) is 1.03. The third-order valence-electron chi connectivity index (χ3n) is 1.80. The number of nitrogens with one attached hydrogen (secondary N) is 1. The van der Waals surface area contributed by atoms with Crippen LogP contribution in [-0.4, -0.2) is 22.3 Å². The molecule has 0 atom stereocenters. The summed E-state index contributed by atoms with van der Waals surface area (Å²) >= 11 is 5.64. The van der Waals surface area contributed by atoms with E-state index in [2.05, 4.69) is 10.3 Å². The molecule has 3 nitrogen and oxygen atoms in total. The molecule has 0 aliphatic rings. The van der Waals surface area contributed by atoms with Crippen LogP contribution in [0, 0.1) is 5.82 Å². The van der Waals surface area contributed by atoms with Crippen molar-refractivity contribution in [2.24, 2.45) is 0 Å². The number of halogens is 2. The molecular weight excluding hydrogens is 219 g/mol. The van der Waals surface area contributed by atoms with E-state index in [0.717, 1.165) is 6.20 Å². The number of amides is 1. The molecule has 0 unspecified atom stereocenters. The van der Waals surface area contributed by atoms with E-state index in [4.69, 9.17) is 11.6 Å².